The summed E-state index contributed by atoms with van der Waals surface area (Å²) < 4.78 is 34.1. The van der Waals surface area contributed by atoms with Gasteiger partial charge in [0.05, 0.1) is 17.1 Å². The van der Waals surface area contributed by atoms with Crippen LogP contribution in [0, 0.1) is 0 Å². The zero-order valence-electron chi connectivity index (χ0n) is 16.3. The maximum absolute atomic E-state index is 13.4. The second kappa shape index (κ2) is 8.84. The zero-order valence-corrected chi connectivity index (χ0v) is 17.1. The largest absolute Gasteiger partial charge is 0.457 e. The van der Waals surface area contributed by atoms with Gasteiger partial charge >= 0.3 is 0 Å². The minimum atomic E-state index is -3.73. The molecule has 4 rings (SSSR count). The third kappa shape index (κ3) is 4.53. The molecule has 0 saturated carbocycles. The van der Waals surface area contributed by atoms with E-state index in [9.17, 15) is 8.42 Å². The molecule has 0 heterocycles. The lowest BCUT2D eigenvalue weighted by atomic mass is 10.2. The summed E-state index contributed by atoms with van der Waals surface area (Å²) in [6, 6.07) is 34.6. The Morgan fingerprint density at radius 2 is 1.10 bits per heavy atom. The molecule has 0 aliphatic carbocycles. The van der Waals surface area contributed by atoms with Crippen molar-refractivity contribution in [2.75, 3.05) is 4.31 Å². The van der Waals surface area contributed by atoms with Crippen LogP contribution >= 0.6 is 0 Å². The Hall–Kier alpha value is -3.57. The van der Waals surface area contributed by atoms with Gasteiger partial charge in [0, 0.05) is 0 Å². The number of rotatable bonds is 7. The Kier molecular flexibility index (Phi) is 5.82. The van der Waals surface area contributed by atoms with Gasteiger partial charge in [-0.15, -0.1) is 0 Å². The molecule has 4 aromatic rings. The highest BCUT2D eigenvalue weighted by Gasteiger charge is 2.25. The van der Waals surface area contributed by atoms with E-state index in [1.165, 1.54) is 4.31 Å². The Balaban J connectivity index is 1.67. The lowest BCUT2D eigenvalue weighted by molar-refractivity contribution is 0.482. The van der Waals surface area contributed by atoms with Gasteiger partial charge < -0.3 is 4.74 Å². The number of hydrogen-bond acceptors (Lipinski definition) is 3. The summed E-state index contributed by atoms with van der Waals surface area (Å²) in [5, 5.41) is 0. The molecule has 0 fully saturated rings. The second-order valence-corrected chi connectivity index (χ2v) is 8.58. The smallest absolute Gasteiger partial charge is 0.264 e. The number of nitrogens with zero attached hydrogens (tertiary/aromatic N) is 1. The molecule has 5 heteroatoms. The Morgan fingerprint density at radius 3 is 1.70 bits per heavy atom. The fourth-order valence-electron chi connectivity index (χ4n) is 3.09. The SMILES string of the molecule is O=S(=O)(c1ccccc1)N(Cc1ccccc1)c1ccc(Oc2ccccc2)cc1. The molecule has 0 radical (unpaired) electrons. The number of ether oxygens (including phenoxy) is 1. The second-order valence-electron chi connectivity index (χ2n) is 6.72. The van der Waals surface area contributed by atoms with Gasteiger partial charge in [-0.2, -0.15) is 0 Å². The summed E-state index contributed by atoms with van der Waals surface area (Å²) in [7, 11) is -3.73. The van der Waals surface area contributed by atoms with Crippen molar-refractivity contribution in [2.24, 2.45) is 0 Å². The lowest BCUT2D eigenvalue weighted by Crippen LogP contribution is -2.30. The van der Waals surface area contributed by atoms with Crippen molar-refractivity contribution >= 4 is 15.7 Å². The molecule has 0 spiro atoms. The first kappa shape index (κ1) is 19.7. The summed E-state index contributed by atoms with van der Waals surface area (Å²) in [5.41, 5.74) is 1.48. The zero-order chi connectivity index (χ0) is 20.8. The van der Waals surface area contributed by atoms with Crippen LogP contribution in [0.2, 0.25) is 0 Å². The number of anilines is 1. The third-order valence-corrected chi connectivity index (χ3v) is 6.39. The molecule has 30 heavy (non-hydrogen) atoms. The number of para-hydroxylation sites is 1. The van der Waals surface area contributed by atoms with Gasteiger partial charge in [0.1, 0.15) is 11.5 Å². The molecule has 0 bridgehead atoms. The van der Waals surface area contributed by atoms with Crippen molar-refractivity contribution in [3.8, 4) is 11.5 Å². The van der Waals surface area contributed by atoms with Gasteiger partial charge in [0.25, 0.3) is 10.0 Å². The van der Waals surface area contributed by atoms with Crippen molar-refractivity contribution in [3.05, 3.63) is 121 Å². The monoisotopic (exact) mass is 415 g/mol. The highest BCUT2D eigenvalue weighted by atomic mass is 32.2. The highest BCUT2D eigenvalue weighted by molar-refractivity contribution is 7.92. The molecular weight excluding hydrogens is 394 g/mol. The van der Waals surface area contributed by atoms with Crippen molar-refractivity contribution in [1.82, 2.24) is 0 Å². The molecule has 0 amide bonds. The van der Waals surface area contributed by atoms with E-state index < -0.39 is 10.0 Å². The van der Waals surface area contributed by atoms with E-state index in [0.29, 0.717) is 11.4 Å². The topological polar surface area (TPSA) is 46.6 Å². The molecule has 0 atom stereocenters. The van der Waals surface area contributed by atoms with E-state index in [0.717, 1.165) is 11.3 Å². The molecule has 0 saturated heterocycles. The van der Waals surface area contributed by atoms with E-state index in [2.05, 4.69) is 0 Å². The standard InChI is InChI=1S/C25H21NO3S/c27-30(28,25-14-8-3-9-15-25)26(20-21-10-4-1-5-11-21)22-16-18-24(19-17-22)29-23-12-6-2-7-13-23/h1-19H,20H2. The van der Waals surface area contributed by atoms with Gasteiger partial charge in [0.2, 0.25) is 0 Å². The summed E-state index contributed by atoms with van der Waals surface area (Å²) in [6.07, 6.45) is 0. The fraction of sp³-hybridized carbons (Fsp3) is 0.0400. The van der Waals surface area contributed by atoms with E-state index in [1.807, 2.05) is 60.7 Å². The van der Waals surface area contributed by atoms with Crippen molar-refractivity contribution < 1.29 is 13.2 Å². The highest BCUT2D eigenvalue weighted by Crippen LogP contribution is 2.29. The number of hydrogen-bond donors (Lipinski definition) is 0. The van der Waals surface area contributed by atoms with Crippen LogP contribution in [-0.4, -0.2) is 8.42 Å². The van der Waals surface area contributed by atoms with Crippen LogP contribution in [0.15, 0.2) is 120 Å². The van der Waals surface area contributed by atoms with E-state index in [4.69, 9.17) is 4.74 Å². The Morgan fingerprint density at radius 1 is 0.600 bits per heavy atom. The number of sulfonamides is 1. The Labute approximate surface area is 177 Å². The molecule has 4 nitrogen and oxygen atoms in total. The van der Waals surface area contributed by atoms with Crippen LogP contribution in [0.1, 0.15) is 5.56 Å². The fourth-order valence-corrected chi connectivity index (χ4v) is 4.56. The van der Waals surface area contributed by atoms with Crippen molar-refractivity contribution in [1.29, 1.82) is 0 Å². The molecular formula is C25H21NO3S. The van der Waals surface area contributed by atoms with Crippen LogP contribution in [0.3, 0.4) is 0 Å². The average Bonchev–Trinajstić information content (AvgIpc) is 2.80. The third-order valence-electron chi connectivity index (χ3n) is 4.60. The predicted octanol–water partition coefficient (Wildman–Crippen LogP) is 5.87. The summed E-state index contributed by atoms with van der Waals surface area (Å²) in [5.74, 6) is 1.37. The quantitative estimate of drug-likeness (QED) is 0.379. The maximum atomic E-state index is 13.4. The van der Waals surface area contributed by atoms with Crippen molar-refractivity contribution in [2.45, 2.75) is 11.4 Å². The normalized spacial score (nSPS) is 11.1. The van der Waals surface area contributed by atoms with E-state index in [1.54, 1.807) is 54.6 Å². The van der Waals surface area contributed by atoms with Crippen LogP contribution in [0.4, 0.5) is 5.69 Å². The molecule has 0 N–H and O–H groups in total. The average molecular weight is 416 g/mol. The van der Waals surface area contributed by atoms with E-state index >= 15 is 0 Å². The molecule has 150 valence electrons. The number of benzene rings is 4. The molecule has 0 aliphatic heterocycles. The van der Waals surface area contributed by atoms with Crippen LogP contribution in [0.25, 0.3) is 0 Å². The minimum absolute atomic E-state index is 0.233. The molecule has 0 unspecified atom stereocenters. The van der Waals surface area contributed by atoms with Crippen LogP contribution in [0.5, 0.6) is 11.5 Å². The van der Waals surface area contributed by atoms with Crippen molar-refractivity contribution in [3.63, 3.8) is 0 Å². The van der Waals surface area contributed by atoms with Gasteiger partial charge in [-0.1, -0.05) is 66.7 Å². The van der Waals surface area contributed by atoms with E-state index in [-0.39, 0.29) is 11.4 Å². The first-order chi connectivity index (χ1) is 14.6. The summed E-state index contributed by atoms with van der Waals surface area (Å²) >= 11 is 0. The Bertz CT molecular complexity index is 1180. The minimum Gasteiger partial charge on any atom is -0.457 e. The molecule has 0 aliphatic rings. The van der Waals surface area contributed by atoms with Gasteiger partial charge in [-0.05, 0) is 54.1 Å². The lowest BCUT2D eigenvalue weighted by Gasteiger charge is -2.25. The summed E-state index contributed by atoms with van der Waals surface area (Å²) in [6.45, 7) is 0.233. The predicted molar refractivity (Wildman–Crippen MR) is 119 cm³/mol. The van der Waals surface area contributed by atoms with Gasteiger partial charge in [-0.25, -0.2) is 8.42 Å². The van der Waals surface area contributed by atoms with Crippen LogP contribution in [-0.2, 0) is 16.6 Å². The molecule has 0 aromatic heterocycles. The van der Waals surface area contributed by atoms with Crippen LogP contribution < -0.4 is 9.04 Å². The first-order valence-electron chi connectivity index (χ1n) is 9.58. The van der Waals surface area contributed by atoms with Gasteiger partial charge in [-0.3, -0.25) is 4.31 Å². The summed E-state index contributed by atoms with van der Waals surface area (Å²) in [4.78, 5) is 0.255. The van der Waals surface area contributed by atoms with Gasteiger partial charge in [0.15, 0.2) is 0 Å². The molecule has 4 aromatic carbocycles. The maximum Gasteiger partial charge on any atom is 0.264 e. The first-order valence-corrected chi connectivity index (χ1v) is 11.0.